The maximum Gasteiger partial charge on any atom is 0.288 e. The molecule has 2 rings (SSSR count). The van der Waals surface area contributed by atoms with Crippen molar-refractivity contribution in [2.45, 2.75) is 12.5 Å². The Balaban J connectivity index is 2.17. The van der Waals surface area contributed by atoms with Crippen LogP contribution in [0.5, 0.6) is 0 Å². The number of nitrogens with one attached hydrogen (secondary N) is 1. The van der Waals surface area contributed by atoms with Gasteiger partial charge < -0.3 is 5.32 Å². The topological polar surface area (TPSA) is 89.3 Å². The molecule has 1 unspecified atom stereocenters. The predicted octanol–water partition coefficient (Wildman–Crippen LogP) is 2.01. The lowest BCUT2D eigenvalue weighted by Gasteiger charge is -2.10. The largest absolute Gasteiger partial charge is 0.341 e. The second kappa shape index (κ2) is 5.58. The average Bonchev–Trinajstić information content (AvgIpc) is 2.75. The first-order valence-corrected chi connectivity index (χ1v) is 6.77. The number of nitro groups is 1. The molecule has 1 aromatic carbocycles. The summed E-state index contributed by atoms with van der Waals surface area (Å²) in [5.41, 5.74) is -0.220. The van der Waals surface area contributed by atoms with E-state index in [0.717, 1.165) is 6.07 Å². The first-order valence-electron chi connectivity index (χ1n) is 5.40. The van der Waals surface area contributed by atoms with Crippen LogP contribution in [0.3, 0.4) is 0 Å². The van der Waals surface area contributed by atoms with Gasteiger partial charge in [-0.25, -0.2) is 0 Å². The van der Waals surface area contributed by atoms with Crippen molar-refractivity contribution in [1.29, 1.82) is 0 Å². The SMILES string of the molecule is O=C(NC1CCSC1=O)c1ccc(Cl)c([N+](=O)[O-])c1. The van der Waals surface area contributed by atoms with Crippen LogP contribution in [0.1, 0.15) is 16.8 Å². The molecule has 6 nitrogen and oxygen atoms in total. The molecule has 1 aliphatic rings. The van der Waals surface area contributed by atoms with Crippen molar-refractivity contribution < 1.29 is 14.5 Å². The van der Waals surface area contributed by atoms with Crippen molar-refractivity contribution in [3.05, 3.63) is 38.9 Å². The summed E-state index contributed by atoms with van der Waals surface area (Å²) in [6.45, 7) is 0. The molecule has 0 radical (unpaired) electrons. The number of carbonyl (C=O) groups excluding carboxylic acids is 2. The average molecular weight is 301 g/mol. The van der Waals surface area contributed by atoms with Gasteiger partial charge in [0.1, 0.15) is 5.02 Å². The van der Waals surface area contributed by atoms with Crippen molar-refractivity contribution in [2.24, 2.45) is 0 Å². The molecule has 19 heavy (non-hydrogen) atoms. The Labute approximate surface area is 117 Å². The maximum absolute atomic E-state index is 11.9. The smallest absolute Gasteiger partial charge is 0.288 e. The Morgan fingerprint density at radius 1 is 1.53 bits per heavy atom. The Bertz CT molecular complexity index is 564. The van der Waals surface area contributed by atoms with Crippen LogP contribution in [0.2, 0.25) is 5.02 Å². The van der Waals surface area contributed by atoms with Crippen molar-refractivity contribution in [3.8, 4) is 0 Å². The number of hydrogen-bond acceptors (Lipinski definition) is 5. The Morgan fingerprint density at radius 3 is 2.84 bits per heavy atom. The molecule has 1 heterocycles. The number of rotatable bonds is 3. The summed E-state index contributed by atoms with van der Waals surface area (Å²) >= 11 is 6.83. The van der Waals surface area contributed by atoms with Gasteiger partial charge in [0.05, 0.1) is 11.0 Å². The normalized spacial score (nSPS) is 18.4. The zero-order chi connectivity index (χ0) is 14.0. The number of hydrogen-bond donors (Lipinski definition) is 1. The molecule has 8 heteroatoms. The van der Waals surface area contributed by atoms with E-state index in [-0.39, 0.29) is 21.4 Å². The molecule has 100 valence electrons. The van der Waals surface area contributed by atoms with E-state index in [1.54, 1.807) is 0 Å². The second-order valence-electron chi connectivity index (χ2n) is 3.91. The van der Waals surface area contributed by atoms with Crippen molar-refractivity contribution in [1.82, 2.24) is 5.32 Å². The van der Waals surface area contributed by atoms with E-state index in [9.17, 15) is 19.7 Å². The van der Waals surface area contributed by atoms with E-state index in [4.69, 9.17) is 11.6 Å². The highest BCUT2D eigenvalue weighted by Gasteiger charge is 2.27. The van der Waals surface area contributed by atoms with E-state index in [0.29, 0.717) is 12.2 Å². The van der Waals surface area contributed by atoms with Gasteiger partial charge in [-0.1, -0.05) is 23.4 Å². The first kappa shape index (κ1) is 13.8. The molecule has 0 bridgehead atoms. The highest BCUT2D eigenvalue weighted by atomic mass is 35.5. The lowest BCUT2D eigenvalue weighted by atomic mass is 10.1. The van der Waals surface area contributed by atoms with Gasteiger partial charge >= 0.3 is 0 Å². The second-order valence-corrected chi connectivity index (χ2v) is 5.41. The number of thioether (sulfide) groups is 1. The van der Waals surface area contributed by atoms with Crippen LogP contribution in [0.25, 0.3) is 0 Å². The zero-order valence-corrected chi connectivity index (χ0v) is 11.2. The fourth-order valence-corrected chi connectivity index (χ4v) is 2.78. The quantitative estimate of drug-likeness (QED) is 0.681. The number of halogens is 1. The number of amides is 1. The Hall–Kier alpha value is -1.60. The van der Waals surface area contributed by atoms with E-state index in [1.165, 1.54) is 23.9 Å². The van der Waals surface area contributed by atoms with E-state index >= 15 is 0 Å². The third kappa shape index (κ3) is 3.05. The molecular weight excluding hydrogens is 292 g/mol. The number of carbonyl (C=O) groups is 2. The van der Waals surface area contributed by atoms with Crippen molar-refractivity contribution in [3.63, 3.8) is 0 Å². The van der Waals surface area contributed by atoms with Gasteiger partial charge in [0.2, 0.25) is 5.12 Å². The summed E-state index contributed by atoms with van der Waals surface area (Å²) in [6, 6.07) is 3.26. The molecule has 1 amide bonds. The molecule has 0 aliphatic carbocycles. The Kier molecular flexibility index (Phi) is 4.06. The van der Waals surface area contributed by atoms with Crippen LogP contribution >= 0.6 is 23.4 Å². The molecule has 1 atom stereocenters. The van der Waals surface area contributed by atoms with Crippen LogP contribution in [-0.2, 0) is 4.79 Å². The number of nitrogens with zero attached hydrogens (tertiary/aromatic N) is 1. The first-order chi connectivity index (χ1) is 8.99. The standard InChI is InChI=1S/C11H9ClN2O4S/c12-7-2-1-6(5-9(7)14(17)18)10(15)13-8-3-4-19-11(8)16/h1-2,5,8H,3-4H2,(H,13,15). The molecule has 1 saturated heterocycles. The third-order valence-corrected chi connectivity index (χ3v) is 3.97. The fourth-order valence-electron chi connectivity index (χ4n) is 1.66. The minimum atomic E-state index is -0.657. The van der Waals surface area contributed by atoms with E-state index < -0.39 is 16.9 Å². The Morgan fingerprint density at radius 2 is 2.26 bits per heavy atom. The predicted molar refractivity (Wildman–Crippen MR) is 71.4 cm³/mol. The summed E-state index contributed by atoms with van der Waals surface area (Å²) in [6.07, 6.45) is 0.574. The molecule has 1 N–H and O–H groups in total. The van der Waals surface area contributed by atoms with Crippen LogP contribution in [0.4, 0.5) is 5.69 Å². The summed E-state index contributed by atoms with van der Waals surface area (Å²) in [5.74, 6) is 0.158. The minimum absolute atomic E-state index is 0.0333. The monoisotopic (exact) mass is 300 g/mol. The van der Waals surface area contributed by atoms with Gasteiger partial charge in [0.15, 0.2) is 0 Å². The molecule has 0 saturated carbocycles. The number of benzene rings is 1. The number of nitro benzene ring substituents is 1. The lowest BCUT2D eigenvalue weighted by molar-refractivity contribution is -0.384. The van der Waals surface area contributed by atoms with Gasteiger partial charge in [-0.15, -0.1) is 0 Å². The van der Waals surface area contributed by atoms with E-state index in [1.807, 2.05) is 0 Å². The highest BCUT2D eigenvalue weighted by molar-refractivity contribution is 8.14. The van der Waals surface area contributed by atoms with Gasteiger partial charge in [-0.3, -0.25) is 19.7 Å². The molecule has 1 aromatic rings. The molecule has 1 fully saturated rings. The summed E-state index contributed by atoms with van der Waals surface area (Å²) in [4.78, 5) is 33.4. The minimum Gasteiger partial charge on any atom is -0.341 e. The summed E-state index contributed by atoms with van der Waals surface area (Å²) in [7, 11) is 0. The fraction of sp³-hybridized carbons (Fsp3) is 0.273. The third-order valence-electron chi connectivity index (χ3n) is 2.65. The molecule has 0 spiro atoms. The summed E-state index contributed by atoms with van der Waals surface area (Å²) < 4.78 is 0. The molecule has 0 aromatic heterocycles. The van der Waals surface area contributed by atoms with Crippen LogP contribution in [0, 0.1) is 10.1 Å². The zero-order valence-electron chi connectivity index (χ0n) is 9.59. The van der Waals surface area contributed by atoms with Gasteiger partial charge in [-0.2, -0.15) is 0 Å². The lowest BCUT2D eigenvalue weighted by Crippen LogP contribution is -2.37. The van der Waals surface area contributed by atoms with Crippen LogP contribution in [-0.4, -0.2) is 27.7 Å². The van der Waals surface area contributed by atoms with E-state index in [2.05, 4.69) is 5.32 Å². The maximum atomic E-state index is 11.9. The van der Waals surface area contributed by atoms with Gasteiger partial charge in [0.25, 0.3) is 11.6 Å². The van der Waals surface area contributed by atoms with Crippen molar-refractivity contribution >= 4 is 40.1 Å². The summed E-state index contributed by atoms with van der Waals surface area (Å²) in [5, 5.41) is 13.2. The molecular formula is C11H9ClN2O4S. The van der Waals surface area contributed by atoms with Crippen molar-refractivity contribution in [2.75, 3.05) is 5.75 Å². The molecule has 1 aliphatic heterocycles. The van der Waals surface area contributed by atoms with Gasteiger partial charge in [-0.05, 0) is 18.6 Å². The van der Waals surface area contributed by atoms with Crippen LogP contribution in [0.15, 0.2) is 18.2 Å². The van der Waals surface area contributed by atoms with Gasteiger partial charge in [0, 0.05) is 17.4 Å². The van der Waals surface area contributed by atoms with Crippen LogP contribution < -0.4 is 5.32 Å². The highest BCUT2D eigenvalue weighted by Crippen LogP contribution is 2.25.